The van der Waals surface area contributed by atoms with Crippen LogP contribution in [0.4, 0.5) is 5.82 Å². The number of rotatable bonds is 6. The van der Waals surface area contributed by atoms with E-state index < -0.39 is 10.0 Å². The topological polar surface area (TPSA) is 87.5 Å². The fourth-order valence-electron chi connectivity index (χ4n) is 3.83. The van der Waals surface area contributed by atoms with E-state index in [1.807, 2.05) is 25.1 Å². The lowest BCUT2D eigenvalue weighted by atomic mass is 10.2. The van der Waals surface area contributed by atoms with Crippen molar-refractivity contribution in [3.63, 3.8) is 0 Å². The van der Waals surface area contributed by atoms with Crippen molar-refractivity contribution in [1.82, 2.24) is 19.0 Å². The highest BCUT2D eigenvalue weighted by Gasteiger charge is 2.29. The number of aromatic nitrogens is 2. The number of nitrogens with zero attached hydrogens (tertiary/aromatic N) is 4. The third-order valence-corrected chi connectivity index (χ3v) is 7.45. The summed E-state index contributed by atoms with van der Waals surface area (Å²) in [7, 11) is -1.95. The molecule has 9 heteroatoms. The van der Waals surface area contributed by atoms with Crippen molar-refractivity contribution in [2.45, 2.75) is 18.4 Å². The van der Waals surface area contributed by atoms with E-state index in [4.69, 9.17) is 0 Å². The number of carbonyl (C=O) groups is 1. The van der Waals surface area contributed by atoms with Crippen LogP contribution in [0, 0.1) is 6.92 Å². The zero-order valence-electron chi connectivity index (χ0n) is 18.2. The molecule has 0 unspecified atom stereocenters. The molecule has 32 heavy (non-hydrogen) atoms. The van der Waals surface area contributed by atoms with E-state index in [-0.39, 0.29) is 16.4 Å². The third-order valence-electron chi connectivity index (χ3n) is 5.56. The van der Waals surface area contributed by atoms with Crippen LogP contribution < -0.4 is 5.32 Å². The minimum absolute atomic E-state index is 0.128. The predicted octanol–water partition coefficient (Wildman–Crippen LogP) is 2.49. The molecule has 0 bridgehead atoms. The Labute approximate surface area is 188 Å². The molecule has 1 aromatic heterocycles. The van der Waals surface area contributed by atoms with Crippen LogP contribution in [-0.4, -0.2) is 59.5 Å². The molecule has 0 saturated carbocycles. The number of piperazine rings is 1. The number of hydrogen-bond donors (Lipinski definition) is 1. The molecular formula is C23H27N5O3S. The Morgan fingerprint density at radius 2 is 1.72 bits per heavy atom. The smallest absolute Gasteiger partial charge is 0.256 e. The number of nitrogens with one attached hydrogen (secondary N) is 1. The van der Waals surface area contributed by atoms with Crippen LogP contribution in [0.25, 0.3) is 0 Å². The Kier molecular flexibility index (Phi) is 6.40. The van der Waals surface area contributed by atoms with Gasteiger partial charge in [0.15, 0.2) is 0 Å². The number of anilines is 1. The molecular weight excluding hydrogens is 426 g/mol. The van der Waals surface area contributed by atoms with Gasteiger partial charge in [-0.05, 0) is 30.7 Å². The van der Waals surface area contributed by atoms with Gasteiger partial charge in [-0.25, -0.2) is 8.42 Å². The Morgan fingerprint density at radius 3 is 2.38 bits per heavy atom. The first-order chi connectivity index (χ1) is 15.3. The van der Waals surface area contributed by atoms with Gasteiger partial charge in [-0.15, -0.1) is 0 Å². The minimum atomic E-state index is -3.68. The average molecular weight is 454 g/mol. The third kappa shape index (κ3) is 4.90. The van der Waals surface area contributed by atoms with Crippen LogP contribution in [0.2, 0.25) is 0 Å². The van der Waals surface area contributed by atoms with Crippen molar-refractivity contribution in [3.8, 4) is 0 Å². The van der Waals surface area contributed by atoms with Crippen LogP contribution in [-0.2, 0) is 23.6 Å². The maximum absolute atomic E-state index is 13.2. The highest BCUT2D eigenvalue weighted by atomic mass is 32.2. The van der Waals surface area contributed by atoms with E-state index in [9.17, 15) is 13.2 Å². The lowest BCUT2D eigenvalue weighted by molar-refractivity contribution is 0.102. The monoisotopic (exact) mass is 453 g/mol. The SMILES string of the molecule is Cc1cc(NC(=O)c2cccc(S(=O)(=O)N3CCN(Cc4ccccc4)CC3)c2)n(C)n1. The molecule has 0 atom stereocenters. The first-order valence-corrected chi connectivity index (χ1v) is 12.0. The first-order valence-electron chi connectivity index (χ1n) is 10.5. The van der Waals surface area contributed by atoms with Crippen LogP contribution in [0.3, 0.4) is 0 Å². The van der Waals surface area contributed by atoms with Gasteiger partial charge in [0.1, 0.15) is 5.82 Å². The molecule has 3 aromatic rings. The molecule has 8 nitrogen and oxygen atoms in total. The van der Waals surface area contributed by atoms with Crippen molar-refractivity contribution in [2.24, 2.45) is 7.05 Å². The summed E-state index contributed by atoms with van der Waals surface area (Å²) < 4.78 is 29.5. The molecule has 1 N–H and O–H groups in total. The summed E-state index contributed by atoms with van der Waals surface area (Å²) in [5.41, 5.74) is 2.28. The second-order valence-electron chi connectivity index (χ2n) is 7.94. The van der Waals surface area contributed by atoms with Crippen LogP contribution in [0.5, 0.6) is 0 Å². The molecule has 1 aliphatic heterocycles. The normalized spacial score (nSPS) is 15.6. The van der Waals surface area contributed by atoms with Crippen LogP contribution in [0.1, 0.15) is 21.6 Å². The summed E-state index contributed by atoms with van der Waals surface area (Å²) in [5.74, 6) is 0.174. The molecule has 1 aliphatic rings. The quantitative estimate of drug-likeness (QED) is 0.620. The van der Waals surface area contributed by atoms with Gasteiger partial charge in [-0.2, -0.15) is 9.40 Å². The molecule has 0 aliphatic carbocycles. The molecule has 1 amide bonds. The lowest BCUT2D eigenvalue weighted by Gasteiger charge is -2.34. The Bertz CT molecular complexity index is 1200. The fourth-order valence-corrected chi connectivity index (χ4v) is 5.30. The van der Waals surface area contributed by atoms with E-state index in [2.05, 4.69) is 27.4 Å². The van der Waals surface area contributed by atoms with Gasteiger partial charge < -0.3 is 5.32 Å². The van der Waals surface area contributed by atoms with Crippen molar-refractivity contribution in [1.29, 1.82) is 0 Å². The highest BCUT2D eigenvalue weighted by Crippen LogP contribution is 2.20. The van der Waals surface area contributed by atoms with E-state index in [0.717, 1.165) is 12.2 Å². The molecule has 0 spiro atoms. The Balaban J connectivity index is 1.43. The Hall–Kier alpha value is -3.01. The summed E-state index contributed by atoms with van der Waals surface area (Å²) in [5, 5.41) is 6.98. The van der Waals surface area contributed by atoms with Crippen LogP contribution in [0.15, 0.2) is 65.6 Å². The maximum atomic E-state index is 13.2. The van der Waals surface area contributed by atoms with Crippen molar-refractivity contribution >= 4 is 21.7 Å². The fraction of sp³-hybridized carbons (Fsp3) is 0.304. The summed E-state index contributed by atoms with van der Waals surface area (Å²) in [6.07, 6.45) is 0. The number of amides is 1. The average Bonchev–Trinajstić information content (AvgIpc) is 3.11. The zero-order valence-corrected chi connectivity index (χ0v) is 19.0. The van der Waals surface area contributed by atoms with Crippen LogP contribution >= 0.6 is 0 Å². The van der Waals surface area contributed by atoms with Gasteiger partial charge in [0, 0.05) is 51.4 Å². The summed E-state index contributed by atoms with van der Waals surface area (Å²) in [6, 6.07) is 18.1. The predicted molar refractivity (Wildman–Crippen MR) is 123 cm³/mol. The number of sulfonamides is 1. The van der Waals surface area contributed by atoms with Gasteiger partial charge in [0.25, 0.3) is 5.91 Å². The lowest BCUT2D eigenvalue weighted by Crippen LogP contribution is -2.48. The molecule has 2 heterocycles. The number of hydrogen-bond acceptors (Lipinski definition) is 5. The zero-order chi connectivity index (χ0) is 22.7. The molecule has 1 fully saturated rings. The van der Waals surface area contributed by atoms with Gasteiger partial charge in [0.05, 0.1) is 10.6 Å². The number of benzene rings is 2. The molecule has 0 radical (unpaired) electrons. The first kappa shape index (κ1) is 22.2. The van der Waals surface area contributed by atoms with Crippen molar-refractivity contribution in [3.05, 3.63) is 77.5 Å². The Morgan fingerprint density at radius 1 is 1.00 bits per heavy atom. The van der Waals surface area contributed by atoms with E-state index in [1.54, 1.807) is 29.9 Å². The van der Waals surface area contributed by atoms with Gasteiger partial charge in [-0.1, -0.05) is 36.4 Å². The second-order valence-corrected chi connectivity index (χ2v) is 9.88. The van der Waals surface area contributed by atoms with E-state index in [1.165, 1.54) is 22.0 Å². The van der Waals surface area contributed by atoms with E-state index in [0.29, 0.717) is 32.0 Å². The van der Waals surface area contributed by atoms with Gasteiger partial charge >= 0.3 is 0 Å². The molecule has 1 saturated heterocycles. The standard InChI is InChI=1S/C23H27N5O3S/c1-18-15-22(26(2)25-18)24-23(29)20-9-6-10-21(16-20)32(30,31)28-13-11-27(12-14-28)17-19-7-4-3-5-8-19/h3-10,15-16H,11-14,17H2,1-2H3,(H,24,29). The van der Waals surface area contributed by atoms with Crippen molar-refractivity contribution in [2.75, 3.05) is 31.5 Å². The molecule has 4 rings (SSSR count). The van der Waals surface area contributed by atoms with Gasteiger partial charge in [0.2, 0.25) is 10.0 Å². The summed E-state index contributed by atoms with van der Waals surface area (Å²) in [4.78, 5) is 15.1. The largest absolute Gasteiger partial charge is 0.307 e. The van der Waals surface area contributed by atoms with Gasteiger partial charge in [-0.3, -0.25) is 14.4 Å². The number of aryl methyl sites for hydroxylation is 2. The molecule has 2 aromatic carbocycles. The van der Waals surface area contributed by atoms with Crippen molar-refractivity contribution < 1.29 is 13.2 Å². The molecule has 168 valence electrons. The van der Waals surface area contributed by atoms with E-state index >= 15 is 0 Å². The number of carbonyl (C=O) groups excluding carboxylic acids is 1. The summed E-state index contributed by atoms with van der Waals surface area (Å²) in [6.45, 7) is 4.79. The highest BCUT2D eigenvalue weighted by molar-refractivity contribution is 7.89. The minimum Gasteiger partial charge on any atom is -0.307 e. The summed E-state index contributed by atoms with van der Waals surface area (Å²) >= 11 is 0. The maximum Gasteiger partial charge on any atom is 0.256 e. The second kappa shape index (κ2) is 9.23.